The Balaban J connectivity index is 1.86. The highest BCUT2D eigenvalue weighted by molar-refractivity contribution is 6.33. The molecule has 0 aliphatic heterocycles. The maximum absolute atomic E-state index is 12.1. The second-order valence-corrected chi connectivity index (χ2v) is 5.14. The third-order valence-corrected chi connectivity index (χ3v) is 3.60. The summed E-state index contributed by atoms with van der Waals surface area (Å²) in [7, 11) is 0. The fraction of sp³-hybridized carbons (Fsp3) is 0. The van der Waals surface area contributed by atoms with Gasteiger partial charge in [0.25, 0.3) is 0 Å². The van der Waals surface area contributed by atoms with Gasteiger partial charge in [-0.2, -0.15) is 0 Å². The van der Waals surface area contributed by atoms with Crippen LogP contribution in [-0.4, -0.2) is 11.1 Å². The van der Waals surface area contributed by atoms with Crippen molar-refractivity contribution in [3.8, 4) is 5.75 Å². The number of anilines is 2. The van der Waals surface area contributed by atoms with Crippen LogP contribution in [0.1, 0.15) is 0 Å². The van der Waals surface area contributed by atoms with Crippen molar-refractivity contribution in [3.05, 3.63) is 65.7 Å². The van der Waals surface area contributed by atoms with E-state index in [9.17, 15) is 9.90 Å². The van der Waals surface area contributed by atoms with Crippen molar-refractivity contribution < 1.29 is 9.90 Å². The summed E-state index contributed by atoms with van der Waals surface area (Å²) in [6.07, 6.45) is 0. The average molecular weight is 313 g/mol. The van der Waals surface area contributed by atoms with E-state index in [1.54, 1.807) is 54.6 Å². The average Bonchev–Trinajstić information content (AvgIpc) is 2.51. The second-order valence-electron chi connectivity index (χ2n) is 4.74. The number of rotatable bonds is 2. The number of amides is 2. The van der Waals surface area contributed by atoms with Crippen LogP contribution in [-0.2, 0) is 0 Å². The van der Waals surface area contributed by atoms with Crippen molar-refractivity contribution in [2.24, 2.45) is 0 Å². The van der Waals surface area contributed by atoms with Crippen LogP contribution >= 0.6 is 11.6 Å². The molecule has 0 aliphatic carbocycles. The molecule has 110 valence electrons. The summed E-state index contributed by atoms with van der Waals surface area (Å²) in [5, 5.41) is 17.2. The third-order valence-electron chi connectivity index (χ3n) is 3.27. The summed E-state index contributed by atoms with van der Waals surface area (Å²) in [6, 6.07) is 17.1. The first-order valence-corrected chi connectivity index (χ1v) is 7.06. The SMILES string of the molecule is O=C(Nc1ccccc1Cl)Nc1cccc2c(O)cccc12. The number of para-hydroxylation sites is 1. The highest BCUT2D eigenvalue weighted by Crippen LogP contribution is 2.30. The zero-order valence-corrected chi connectivity index (χ0v) is 12.3. The van der Waals surface area contributed by atoms with Gasteiger partial charge in [0.2, 0.25) is 0 Å². The predicted molar refractivity (Wildman–Crippen MR) is 89.7 cm³/mol. The molecule has 0 bridgehead atoms. The van der Waals surface area contributed by atoms with Crippen LogP contribution in [0, 0.1) is 0 Å². The zero-order valence-electron chi connectivity index (χ0n) is 11.5. The molecule has 0 spiro atoms. The van der Waals surface area contributed by atoms with Gasteiger partial charge in [0.1, 0.15) is 5.75 Å². The molecule has 0 unspecified atom stereocenters. The first-order valence-electron chi connectivity index (χ1n) is 6.68. The molecule has 3 aromatic carbocycles. The maximum atomic E-state index is 12.1. The van der Waals surface area contributed by atoms with E-state index in [1.807, 2.05) is 6.07 Å². The van der Waals surface area contributed by atoms with E-state index in [0.29, 0.717) is 21.8 Å². The van der Waals surface area contributed by atoms with Crippen molar-refractivity contribution in [1.29, 1.82) is 0 Å². The largest absolute Gasteiger partial charge is 0.507 e. The molecule has 0 fully saturated rings. The van der Waals surface area contributed by atoms with E-state index >= 15 is 0 Å². The van der Waals surface area contributed by atoms with Gasteiger partial charge in [0, 0.05) is 10.8 Å². The zero-order chi connectivity index (χ0) is 15.5. The molecule has 0 saturated carbocycles. The highest BCUT2D eigenvalue weighted by atomic mass is 35.5. The summed E-state index contributed by atoms with van der Waals surface area (Å²) < 4.78 is 0. The molecule has 3 rings (SSSR count). The Morgan fingerprint density at radius 2 is 1.45 bits per heavy atom. The van der Waals surface area contributed by atoms with Gasteiger partial charge in [-0.15, -0.1) is 0 Å². The van der Waals surface area contributed by atoms with Crippen LogP contribution in [0.2, 0.25) is 5.02 Å². The van der Waals surface area contributed by atoms with E-state index in [1.165, 1.54) is 0 Å². The minimum Gasteiger partial charge on any atom is -0.507 e. The molecular formula is C17H13ClN2O2. The van der Waals surface area contributed by atoms with Crippen LogP contribution in [0.25, 0.3) is 10.8 Å². The lowest BCUT2D eigenvalue weighted by Gasteiger charge is -2.11. The predicted octanol–water partition coefficient (Wildman–Crippen LogP) is 4.84. The lowest BCUT2D eigenvalue weighted by Crippen LogP contribution is -2.19. The number of nitrogens with one attached hydrogen (secondary N) is 2. The van der Waals surface area contributed by atoms with Gasteiger partial charge in [0.15, 0.2) is 0 Å². The molecular weight excluding hydrogens is 300 g/mol. The highest BCUT2D eigenvalue weighted by Gasteiger charge is 2.09. The van der Waals surface area contributed by atoms with Gasteiger partial charge >= 0.3 is 6.03 Å². The number of urea groups is 1. The molecule has 0 atom stereocenters. The van der Waals surface area contributed by atoms with Crippen LogP contribution in [0.4, 0.5) is 16.2 Å². The number of aromatic hydroxyl groups is 1. The van der Waals surface area contributed by atoms with E-state index in [4.69, 9.17) is 11.6 Å². The molecule has 5 heteroatoms. The molecule has 3 aromatic rings. The summed E-state index contributed by atoms with van der Waals surface area (Å²) in [6.45, 7) is 0. The number of hydrogen-bond acceptors (Lipinski definition) is 2. The minimum absolute atomic E-state index is 0.174. The smallest absolute Gasteiger partial charge is 0.323 e. The van der Waals surface area contributed by atoms with Crippen LogP contribution in [0.3, 0.4) is 0 Å². The topological polar surface area (TPSA) is 61.4 Å². The summed E-state index contributed by atoms with van der Waals surface area (Å²) in [4.78, 5) is 12.1. The van der Waals surface area contributed by atoms with Gasteiger partial charge < -0.3 is 15.7 Å². The molecule has 0 aliphatic rings. The van der Waals surface area contributed by atoms with E-state index in [2.05, 4.69) is 10.6 Å². The Bertz CT molecular complexity index is 849. The Labute approximate surface area is 132 Å². The number of fused-ring (bicyclic) bond motifs is 1. The molecule has 0 radical (unpaired) electrons. The Kier molecular flexibility index (Phi) is 3.85. The molecule has 0 saturated heterocycles. The second kappa shape index (κ2) is 5.95. The van der Waals surface area contributed by atoms with Gasteiger partial charge in [-0.25, -0.2) is 4.79 Å². The van der Waals surface area contributed by atoms with Crippen molar-refractivity contribution in [3.63, 3.8) is 0 Å². The standard InChI is InChI=1S/C17H13ClN2O2/c18-13-7-1-2-8-15(13)20-17(22)19-14-9-3-6-12-11(14)5-4-10-16(12)21/h1-10,21H,(H2,19,20,22). The minimum atomic E-state index is -0.399. The third kappa shape index (κ3) is 2.82. The molecule has 22 heavy (non-hydrogen) atoms. The van der Waals surface area contributed by atoms with Crippen molar-refractivity contribution in [2.45, 2.75) is 0 Å². The van der Waals surface area contributed by atoms with Crippen molar-refractivity contribution >= 4 is 39.8 Å². The van der Waals surface area contributed by atoms with Crippen LogP contribution in [0.5, 0.6) is 5.75 Å². The Hall–Kier alpha value is -2.72. The molecule has 0 heterocycles. The number of halogens is 1. The molecule has 2 amide bonds. The number of hydrogen-bond donors (Lipinski definition) is 3. The number of carbonyl (C=O) groups excluding carboxylic acids is 1. The first-order chi connectivity index (χ1) is 10.6. The van der Waals surface area contributed by atoms with Gasteiger partial charge in [-0.05, 0) is 24.3 Å². The summed E-state index contributed by atoms with van der Waals surface area (Å²) in [5.41, 5.74) is 1.14. The number of phenols is 1. The lowest BCUT2D eigenvalue weighted by atomic mass is 10.1. The maximum Gasteiger partial charge on any atom is 0.323 e. The molecule has 3 N–H and O–H groups in total. The van der Waals surface area contributed by atoms with Crippen LogP contribution in [0.15, 0.2) is 60.7 Å². The number of phenolic OH excluding ortho intramolecular Hbond substituents is 1. The summed E-state index contributed by atoms with van der Waals surface area (Å²) >= 11 is 6.01. The van der Waals surface area contributed by atoms with Crippen molar-refractivity contribution in [2.75, 3.05) is 10.6 Å². The Morgan fingerprint density at radius 3 is 2.27 bits per heavy atom. The first kappa shape index (κ1) is 14.2. The number of carbonyl (C=O) groups is 1. The quantitative estimate of drug-likeness (QED) is 0.634. The number of benzene rings is 3. The Morgan fingerprint density at radius 1 is 0.818 bits per heavy atom. The van der Waals surface area contributed by atoms with Gasteiger partial charge in [0.05, 0.1) is 16.4 Å². The van der Waals surface area contributed by atoms with Crippen molar-refractivity contribution in [1.82, 2.24) is 0 Å². The van der Waals surface area contributed by atoms with E-state index < -0.39 is 6.03 Å². The van der Waals surface area contributed by atoms with Gasteiger partial charge in [-0.1, -0.05) is 48.0 Å². The molecule has 4 nitrogen and oxygen atoms in total. The van der Waals surface area contributed by atoms with E-state index in [0.717, 1.165) is 5.39 Å². The van der Waals surface area contributed by atoms with E-state index in [-0.39, 0.29) is 5.75 Å². The fourth-order valence-corrected chi connectivity index (χ4v) is 2.42. The molecule has 0 aromatic heterocycles. The fourth-order valence-electron chi connectivity index (χ4n) is 2.24. The lowest BCUT2D eigenvalue weighted by molar-refractivity contribution is 0.262. The monoisotopic (exact) mass is 312 g/mol. The van der Waals surface area contributed by atoms with Crippen LogP contribution < -0.4 is 10.6 Å². The summed E-state index contributed by atoms with van der Waals surface area (Å²) in [5.74, 6) is 0.174. The van der Waals surface area contributed by atoms with Gasteiger partial charge in [-0.3, -0.25) is 0 Å². The normalized spacial score (nSPS) is 10.4.